The van der Waals surface area contributed by atoms with Crippen LogP contribution >= 0.6 is 0 Å². The number of ether oxygens (including phenoxy) is 1. The average Bonchev–Trinajstić information content (AvgIpc) is 2.70. The molecule has 0 aromatic heterocycles. The van der Waals surface area contributed by atoms with E-state index in [0.29, 0.717) is 12.0 Å². The van der Waals surface area contributed by atoms with Crippen LogP contribution in [0.5, 0.6) is 5.75 Å². The van der Waals surface area contributed by atoms with Gasteiger partial charge in [0.15, 0.2) is 0 Å². The van der Waals surface area contributed by atoms with Crippen LogP contribution in [0.25, 0.3) is 0 Å². The second-order valence-electron chi connectivity index (χ2n) is 8.68. The van der Waals surface area contributed by atoms with E-state index in [9.17, 15) is 4.79 Å². The molecule has 5 heteroatoms. The van der Waals surface area contributed by atoms with E-state index in [4.69, 9.17) is 4.74 Å². The fourth-order valence-electron chi connectivity index (χ4n) is 4.58. The van der Waals surface area contributed by atoms with Gasteiger partial charge in [0.2, 0.25) is 5.91 Å². The second-order valence-corrected chi connectivity index (χ2v) is 8.68. The zero-order valence-corrected chi connectivity index (χ0v) is 18.0. The number of rotatable bonds is 6. The van der Waals surface area contributed by atoms with Crippen LogP contribution in [-0.4, -0.2) is 61.1 Å². The molecule has 28 heavy (non-hydrogen) atoms. The van der Waals surface area contributed by atoms with Crippen molar-refractivity contribution >= 4 is 5.91 Å². The molecule has 156 valence electrons. The zero-order chi connectivity index (χ0) is 20.1. The minimum absolute atomic E-state index is 0.0511. The summed E-state index contributed by atoms with van der Waals surface area (Å²) in [5.41, 5.74) is 2.50. The summed E-state index contributed by atoms with van der Waals surface area (Å²) in [4.78, 5) is 17.6. The molecule has 1 aliphatic carbocycles. The van der Waals surface area contributed by atoms with Crippen molar-refractivity contribution in [3.05, 3.63) is 29.3 Å². The number of hydrogen-bond donors (Lipinski definition) is 1. The number of nitrogens with one attached hydrogen (secondary N) is 1. The Labute approximate surface area is 170 Å². The minimum atomic E-state index is -0.0511. The van der Waals surface area contributed by atoms with Gasteiger partial charge in [0.1, 0.15) is 5.75 Å². The normalized spacial score (nSPS) is 25.3. The molecule has 0 bridgehead atoms. The van der Waals surface area contributed by atoms with Gasteiger partial charge in [0, 0.05) is 44.3 Å². The van der Waals surface area contributed by atoms with Crippen LogP contribution < -0.4 is 10.1 Å². The Kier molecular flexibility index (Phi) is 7.36. The molecule has 1 amide bonds. The lowest BCUT2D eigenvalue weighted by Gasteiger charge is -2.38. The maximum atomic E-state index is 12.8. The molecule has 0 unspecified atom stereocenters. The van der Waals surface area contributed by atoms with E-state index in [1.807, 2.05) is 0 Å². The third-order valence-corrected chi connectivity index (χ3v) is 6.60. The Hall–Kier alpha value is -1.59. The quantitative estimate of drug-likeness (QED) is 0.814. The number of hydrogen-bond acceptors (Lipinski definition) is 4. The van der Waals surface area contributed by atoms with Gasteiger partial charge in [-0.3, -0.25) is 14.6 Å². The maximum Gasteiger partial charge on any atom is 0.237 e. The van der Waals surface area contributed by atoms with Crippen LogP contribution in [0.4, 0.5) is 0 Å². The van der Waals surface area contributed by atoms with E-state index in [1.54, 1.807) is 7.11 Å². The lowest BCUT2D eigenvalue weighted by atomic mass is 9.86. The Bertz CT molecular complexity index is 655. The van der Waals surface area contributed by atoms with Gasteiger partial charge < -0.3 is 10.1 Å². The highest BCUT2D eigenvalue weighted by Gasteiger charge is 2.29. The van der Waals surface area contributed by atoms with E-state index in [2.05, 4.69) is 54.1 Å². The molecular weight excluding hydrogens is 350 g/mol. The van der Waals surface area contributed by atoms with Crippen molar-refractivity contribution in [2.45, 2.75) is 65.1 Å². The molecule has 1 aliphatic heterocycles. The molecular formula is C23H37N3O2. The van der Waals surface area contributed by atoms with E-state index in [1.165, 1.54) is 30.4 Å². The van der Waals surface area contributed by atoms with Crippen molar-refractivity contribution in [2.24, 2.45) is 5.92 Å². The van der Waals surface area contributed by atoms with Gasteiger partial charge in [0.05, 0.1) is 13.2 Å². The molecule has 1 heterocycles. The standard InChI is InChI=1S/C23H37N3O2/c1-17-9-10-22(28-4)20(15-17)16-25-11-13-26(14-12-25)19(3)23(27)24-21-8-6-5-7-18(21)2/h9-10,15,18-19,21H,5-8,11-14,16H2,1-4H3,(H,24,27)/t18-,19-,21-/m1/s1. The summed E-state index contributed by atoms with van der Waals surface area (Å²) in [6.45, 7) is 11.2. The highest BCUT2D eigenvalue weighted by molar-refractivity contribution is 5.81. The van der Waals surface area contributed by atoms with Crippen LogP contribution in [0.3, 0.4) is 0 Å². The van der Waals surface area contributed by atoms with Crippen molar-refractivity contribution in [1.29, 1.82) is 0 Å². The van der Waals surface area contributed by atoms with E-state index >= 15 is 0 Å². The first kappa shape index (κ1) is 21.1. The topological polar surface area (TPSA) is 44.8 Å². The Balaban J connectivity index is 1.49. The van der Waals surface area contributed by atoms with Crippen LogP contribution in [0.1, 0.15) is 50.7 Å². The molecule has 5 nitrogen and oxygen atoms in total. The van der Waals surface area contributed by atoms with Gasteiger partial charge in [-0.25, -0.2) is 0 Å². The van der Waals surface area contributed by atoms with Crippen molar-refractivity contribution in [3.8, 4) is 5.75 Å². The predicted octanol–water partition coefficient (Wildman–Crippen LogP) is 3.20. The lowest BCUT2D eigenvalue weighted by molar-refractivity contribution is -0.127. The zero-order valence-electron chi connectivity index (χ0n) is 18.0. The van der Waals surface area contributed by atoms with Gasteiger partial charge in [0.25, 0.3) is 0 Å². The number of piperazine rings is 1. The third kappa shape index (κ3) is 5.26. The first-order valence-corrected chi connectivity index (χ1v) is 10.9. The second kappa shape index (κ2) is 9.75. The summed E-state index contributed by atoms with van der Waals surface area (Å²) in [6, 6.07) is 6.67. The summed E-state index contributed by atoms with van der Waals surface area (Å²) in [5, 5.41) is 3.33. The summed E-state index contributed by atoms with van der Waals surface area (Å²) in [5.74, 6) is 1.76. The van der Waals surface area contributed by atoms with E-state index < -0.39 is 0 Å². The SMILES string of the molecule is COc1ccc(C)cc1CN1CCN([C@H](C)C(=O)N[C@@H]2CCCC[C@H]2C)CC1. The fourth-order valence-corrected chi connectivity index (χ4v) is 4.58. The van der Waals surface area contributed by atoms with Crippen LogP contribution in [0.15, 0.2) is 18.2 Å². The largest absolute Gasteiger partial charge is 0.496 e. The van der Waals surface area contributed by atoms with Gasteiger partial charge in [-0.1, -0.05) is 37.5 Å². The number of carbonyl (C=O) groups is 1. The number of nitrogens with zero attached hydrogens (tertiary/aromatic N) is 2. The molecule has 1 saturated heterocycles. The lowest BCUT2D eigenvalue weighted by Crippen LogP contribution is -2.55. The van der Waals surface area contributed by atoms with E-state index in [0.717, 1.165) is 44.9 Å². The van der Waals surface area contributed by atoms with Crippen LogP contribution in [0, 0.1) is 12.8 Å². The molecule has 3 atom stereocenters. The summed E-state index contributed by atoms with van der Waals surface area (Å²) < 4.78 is 5.52. The Morgan fingerprint density at radius 1 is 1.21 bits per heavy atom. The van der Waals surface area contributed by atoms with Crippen molar-refractivity contribution in [3.63, 3.8) is 0 Å². The highest BCUT2D eigenvalue weighted by Crippen LogP contribution is 2.24. The first-order valence-electron chi connectivity index (χ1n) is 10.9. The molecule has 1 aromatic carbocycles. The summed E-state index contributed by atoms with van der Waals surface area (Å²) >= 11 is 0. The predicted molar refractivity (Wildman–Crippen MR) is 114 cm³/mol. The van der Waals surface area contributed by atoms with Crippen LogP contribution in [-0.2, 0) is 11.3 Å². The number of methoxy groups -OCH3 is 1. The number of benzene rings is 1. The van der Waals surface area contributed by atoms with Gasteiger partial charge in [-0.2, -0.15) is 0 Å². The summed E-state index contributed by atoms with van der Waals surface area (Å²) in [7, 11) is 1.74. The first-order chi connectivity index (χ1) is 13.5. The number of carbonyl (C=O) groups excluding carboxylic acids is 1. The van der Waals surface area contributed by atoms with Crippen LogP contribution in [0.2, 0.25) is 0 Å². The van der Waals surface area contributed by atoms with Crippen molar-refractivity contribution in [2.75, 3.05) is 33.3 Å². The maximum absolute atomic E-state index is 12.8. The number of aryl methyl sites for hydroxylation is 1. The minimum Gasteiger partial charge on any atom is -0.496 e. The molecule has 1 aromatic rings. The van der Waals surface area contributed by atoms with Crippen molar-refractivity contribution in [1.82, 2.24) is 15.1 Å². The van der Waals surface area contributed by atoms with Crippen molar-refractivity contribution < 1.29 is 9.53 Å². The smallest absolute Gasteiger partial charge is 0.237 e. The fraction of sp³-hybridized carbons (Fsp3) is 0.696. The van der Waals surface area contributed by atoms with E-state index in [-0.39, 0.29) is 11.9 Å². The summed E-state index contributed by atoms with van der Waals surface area (Å²) in [6.07, 6.45) is 4.91. The molecule has 1 N–H and O–H groups in total. The highest BCUT2D eigenvalue weighted by atomic mass is 16.5. The molecule has 0 radical (unpaired) electrons. The van der Waals surface area contributed by atoms with Gasteiger partial charge in [-0.05, 0) is 38.7 Å². The molecule has 2 fully saturated rings. The molecule has 3 rings (SSSR count). The number of amides is 1. The monoisotopic (exact) mass is 387 g/mol. The Morgan fingerprint density at radius 2 is 1.93 bits per heavy atom. The molecule has 0 spiro atoms. The third-order valence-electron chi connectivity index (χ3n) is 6.60. The van der Waals surface area contributed by atoms with Gasteiger partial charge in [-0.15, -0.1) is 0 Å². The Morgan fingerprint density at radius 3 is 2.61 bits per heavy atom. The average molecular weight is 388 g/mol. The molecule has 2 aliphatic rings. The van der Waals surface area contributed by atoms with Gasteiger partial charge >= 0.3 is 0 Å². The molecule has 1 saturated carbocycles.